The van der Waals surface area contributed by atoms with Gasteiger partial charge in [0.2, 0.25) is 0 Å². The van der Waals surface area contributed by atoms with Gasteiger partial charge in [-0.1, -0.05) is 0 Å². The van der Waals surface area contributed by atoms with E-state index >= 15 is 0 Å². The molecule has 0 amide bonds. The minimum atomic E-state index is 0.585. The predicted molar refractivity (Wildman–Crippen MR) is 127 cm³/mol. The summed E-state index contributed by atoms with van der Waals surface area (Å²) in [6.45, 7) is 8.58. The van der Waals surface area contributed by atoms with Crippen LogP contribution in [0.3, 0.4) is 0 Å². The fraction of sp³-hybridized carbons (Fsp3) is 0.565. The number of hydrogen-bond acceptors (Lipinski definition) is 5. The van der Waals surface area contributed by atoms with E-state index in [1.165, 1.54) is 32.5 Å². The molecule has 2 bridgehead atoms. The van der Waals surface area contributed by atoms with Crippen LogP contribution in [0.4, 0.5) is 5.69 Å². The fourth-order valence-corrected chi connectivity index (χ4v) is 5.49. The number of anilines is 1. The maximum absolute atomic E-state index is 5.56. The number of fused-ring (bicyclic) bond motifs is 3. The van der Waals surface area contributed by atoms with E-state index < -0.39 is 0 Å². The molecule has 1 unspecified atom stereocenters. The van der Waals surface area contributed by atoms with Crippen LogP contribution in [0.2, 0.25) is 0 Å². The Kier molecular flexibility index (Phi) is 6.50. The lowest BCUT2D eigenvalue weighted by molar-refractivity contribution is -0.0286. The predicted octanol–water partition coefficient (Wildman–Crippen LogP) is 2.20. The number of ether oxygens (including phenoxy) is 1. The molecule has 166 valence electrons. The Morgan fingerprint density at radius 1 is 1.16 bits per heavy atom. The Morgan fingerprint density at radius 2 is 2.00 bits per heavy atom. The molecule has 4 aliphatic heterocycles. The first kappa shape index (κ1) is 20.9. The maximum atomic E-state index is 5.56. The Balaban J connectivity index is 1.08. The van der Waals surface area contributed by atoms with Crippen LogP contribution in [0.1, 0.15) is 12.8 Å². The SMILES string of the molecule is S=C(NC[C@H]1C[C@@H]2CCN1C[C@@H]2CN1CCOCC1)Nc1ccc(-n2cccn2)cc1. The van der Waals surface area contributed by atoms with Crippen molar-refractivity contribution in [2.24, 2.45) is 11.8 Å². The number of aromatic nitrogens is 2. The van der Waals surface area contributed by atoms with Crippen LogP contribution >= 0.6 is 12.2 Å². The second kappa shape index (κ2) is 9.65. The summed E-state index contributed by atoms with van der Waals surface area (Å²) in [5.74, 6) is 1.65. The highest BCUT2D eigenvalue weighted by atomic mass is 32.1. The van der Waals surface area contributed by atoms with Crippen LogP contribution in [0.5, 0.6) is 0 Å². The van der Waals surface area contributed by atoms with E-state index in [2.05, 4.69) is 25.5 Å². The highest BCUT2D eigenvalue weighted by Gasteiger charge is 2.40. The summed E-state index contributed by atoms with van der Waals surface area (Å²) >= 11 is 5.56. The highest BCUT2D eigenvalue weighted by molar-refractivity contribution is 7.80. The third-order valence-electron chi connectivity index (χ3n) is 7.00. The van der Waals surface area contributed by atoms with Gasteiger partial charge in [-0.05, 0) is 73.8 Å². The minimum absolute atomic E-state index is 0.585. The number of nitrogens with one attached hydrogen (secondary N) is 2. The van der Waals surface area contributed by atoms with Crippen molar-refractivity contribution in [3.8, 4) is 5.69 Å². The molecule has 4 fully saturated rings. The van der Waals surface area contributed by atoms with Gasteiger partial charge in [0.25, 0.3) is 0 Å². The van der Waals surface area contributed by atoms with Crippen molar-refractivity contribution in [1.82, 2.24) is 24.9 Å². The molecule has 8 heteroatoms. The maximum Gasteiger partial charge on any atom is 0.170 e. The normalized spacial score (nSPS) is 28.4. The minimum Gasteiger partial charge on any atom is -0.379 e. The summed E-state index contributed by atoms with van der Waals surface area (Å²) in [6.07, 6.45) is 6.34. The molecule has 0 radical (unpaired) electrons. The van der Waals surface area contributed by atoms with Crippen LogP contribution in [0.25, 0.3) is 5.69 Å². The third kappa shape index (κ3) is 5.09. The third-order valence-corrected chi connectivity index (χ3v) is 7.25. The molecule has 31 heavy (non-hydrogen) atoms. The first-order chi connectivity index (χ1) is 15.2. The van der Waals surface area contributed by atoms with E-state index in [9.17, 15) is 0 Å². The lowest BCUT2D eigenvalue weighted by Crippen LogP contribution is -2.59. The van der Waals surface area contributed by atoms with Crippen molar-refractivity contribution >= 4 is 23.0 Å². The average Bonchev–Trinajstić information content (AvgIpc) is 3.35. The summed E-state index contributed by atoms with van der Waals surface area (Å²) in [6, 6.07) is 10.7. The molecule has 2 aromatic rings. The van der Waals surface area contributed by atoms with Crippen LogP contribution in [0, 0.1) is 11.8 Å². The van der Waals surface area contributed by atoms with Crippen LogP contribution < -0.4 is 10.6 Å². The van der Waals surface area contributed by atoms with Crippen molar-refractivity contribution in [2.45, 2.75) is 18.9 Å². The zero-order valence-electron chi connectivity index (χ0n) is 17.9. The summed E-state index contributed by atoms with van der Waals surface area (Å²) in [5, 5.41) is 11.7. The summed E-state index contributed by atoms with van der Waals surface area (Å²) in [7, 11) is 0. The molecular weight excluding hydrogens is 408 g/mol. The number of rotatable bonds is 6. The molecule has 6 rings (SSSR count). The second-order valence-electron chi connectivity index (χ2n) is 8.94. The van der Waals surface area contributed by atoms with Crippen LogP contribution in [-0.2, 0) is 4.74 Å². The topological polar surface area (TPSA) is 57.6 Å². The average molecular weight is 441 g/mol. The van der Waals surface area contributed by atoms with Gasteiger partial charge in [0.15, 0.2) is 5.11 Å². The van der Waals surface area contributed by atoms with Gasteiger partial charge in [0.1, 0.15) is 0 Å². The quantitative estimate of drug-likeness (QED) is 0.668. The van der Waals surface area contributed by atoms with E-state index in [0.717, 1.165) is 56.1 Å². The second-order valence-corrected chi connectivity index (χ2v) is 9.35. The van der Waals surface area contributed by atoms with E-state index in [0.29, 0.717) is 11.2 Å². The van der Waals surface area contributed by atoms with Gasteiger partial charge in [-0.2, -0.15) is 5.10 Å². The molecule has 4 aliphatic rings. The Morgan fingerprint density at radius 3 is 2.71 bits per heavy atom. The Bertz CT molecular complexity index is 851. The van der Waals surface area contributed by atoms with Crippen molar-refractivity contribution in [3.63, 3.8) is 0 Å². The zero-order chi connectivity index (χ0) is 21.0. The van der Waals surface area contributed by atoms with Gasteiger partial charge in [-0.3, -0.25) is 9.80 Å². The molecule has 0 spiro atoms. The molecule has 0 saturated carbocycles. The monoisotopic (exact) mass is 440 g/mol. The van der Waals surface area contributed by atoms with Crippen molar-refractivity contribution in [3.05, 3.63) is 42.7 Å². The summed E-state index contributed by atoms with van der Waals surface area (Å²) in [5.41, 5.74) is 2.02. The number of benzene rings is 1. The smallest absolute Gasteiger partial charge is 0.170 e. The van der Waals surface area contributed by atoms with Gasteiger partial charge >= 0.3 is 0 Å². The molecule has 4 saturated heterocycles. The van der Waals surface area contributed by atoms with E-state index in [-0.39, 0.29) is 0 Å². The van der Waals surface area contributed by atoms with E-state index in [1.807, 2.05) is 41.2 Å². The van der Waals surface area contributed by atoms with Gasteiger partial charge in [-0.15, -0.1) is 0 Å². The van der Waals surface area contributed by atoms with Crippen molar-refractivity contribution in [2.75, 3.05) is 57.8 Å². The van der Waals surface area contributed by atoms with Crippen molar-refractivity contribution in [1.29, 1.82) is 0 Å². The van der Waals surface area contributed by atoms with Gasteiger partial charge in [-0.25, -0.2) is 4.68 Å². The number of morpholine rings is 1. The molecule has 5 heterocycles. The molecule has 1 aromatic carbocycles. The highest BCUT2D eigenvalue weighted by Crippen LogP contribution is 2.36. The number of piperidine rings is 3. The molecule has 7 nitrogen and oxygen atoms in total. The van der Waals surface area contributed by atoms with E-state index in [4.69, 9.17) is 17.0 Å². The van der Waals surface area contributed by atoms with Crippen LogP contribution in [0.15, 0.2) is 42.7 Å². The number of hydrogen-bond donors (Lipinski definition) is 2. The molecule has 1 aromatic heterocycles. The molecule has 0 aliphatic carbocycles. The molecule has 4 atom stereocenters. The Labute approximate surface area is 189 Å². The summed E-state index contributed by atoms with van der Waals surface area (Å²) < 4.78 is 7.35. The molecular formula is C23H32N6OS. The lowest BCUT2D eigenvalue weighted by Gasteiger charge is -2.51. The Hall–Kier alpha value is -2.00. The first-order valence-corrected chi connectivity index (χ1v) is 11.8. The standard InChI is InChI=1S/C23H32N6OS/c31-23(26-20-2-4-21(5-3-20)29-8-1-7-25-29)24-15-22-14-18-6-9-28(22)17-19(18)16-27-10-12-30-13-11-27/h1-5,7-8,18-19,22H,6,9-17H2,(H2,24,26,31)/t18-,19-,22+/m0/s1. The zero-order valence-corrected chi connectivity index (χ0v) is 18.8. The summed E-state index contributed by atoms with van der Waals surface area (Å²) in [4.78, 5) is 5.28. The number of nitrogens with zero attached hydrogens (tertiary/aromatic N) is 4. The van der Waals surface area contributed by atoms with Gasteiger partial charge in [0, 0.05) is 56.8 Å². The number of thiocarbonyl (C=S) groups is 1. The van der Waals surface area contributed by atoms with Gasteiger partial charge < -0.3 is 15.4 Å². The molecule has 2 N–H and O–H groups in total. The van der Waals surface area contributed by atoms with Gasteiger partial charge in [0.05, 0.1) is 18.9 Å². The van der Waals surface area contributed by atoms with Crippen molar-refractivity contribution < 1.29 is 4.74 Å². The van der Waals surface area contributed by atoms with Crippen LogP contribution in [-0.4, -0.2) is 83.2 Å². The fourth-order valence-electron chi connectivity index (χ4n) is 5.29. The largest absolute Gasteiger partial charge is 0.379 e. The first-order valence-electron chi connectivity index (χ1n) is 11.4. The van der Waals surface area contributed by atoms with E-state index in [1.54, 1.807) is 6.20 Å². The lowest BCUT2D eigenvalue weighted by atomic mass is 9.75.